The highest BCUT2D eigenvalue weighted by Crippen LogP contribution is 2.19. The highest BCUT2D eigenvalue weighted by Gasteiger charge is 2.11. The van der Waals surface area contributed by atoms with Crippen molar-refractivity contribution < 1.29 is 9.53 Å². The third-order valence-electron chi connectivity index (χ3n) is 3.99. The van der Waals surface area contributed by atoms with Crippen LogP contribution in [0, 0.1) is 0 Å². The number of aromatic nitrogens is 4. The van der Waals surface area contributed by atoms with Crippen molar-refractivity contribution in [1.29, 1.82) is 0 Å². The fourth-order valence-corrected chi connectivity index (χ4v) is 2.75. The molecule has 1 amide bonds. The molecule has 7 heteroatoms. The molecule has 0 aromatic carbocycles. The quantitative estimate of drug-likeness (QED) is 0.712. The van der Waals surface area contributed by atoms with Crippen LogP contribution < -0.4 is 5.32 Å². The predicted molar refractivity (Wildman–Crippen MR) is 90.9 cm³/mol. The van der Waals surface area contributed by atoms with Crippen molar-refractivity contribution in [2.75, 3.05) is 20.3 Å². The van der Waals surface area contributed by atoms with Gasteiger partial charge in [-0.25, -0.2) is 4.98 Å². The lowest BCUT2D eigenvalue weighted by Gasteiger charge is -2.05. The summed E-state index contributed by atoms with van der Waals surface area (Å²) in [4.78, 5) is 16.6. The summed E-state index contributed by atoms with van der Waals surface area (Å²) < 4.78 is 8.81. The monoisotopic (exact) mass is 327 g/mol. The van der Waals surface area contributed by atoms with Crippen LogP contribution in [0.5, 0.6) is 0 Å². The van der Waals surface area contributed by atoms with E-state index in [4.69, 9.17) is 4.74 Å². The molecule has 1 N–H and O–H groups in total. The molecule has 0 aliphatic heterocycles. The molecule has 0 saturated carbocycles. The predicted octanol–water partition coefficient (Wildman–Crippen LogP) is 1.39. The number of methoxy groups -OCH3 is 1. The van der Waals surface area contributed by atoms with Crippen molar-refractivity contribution in [3.8, 4) is 0 Å². The molecule has 3 rings (SSSR count). The lowest BCUT2D eigenvalue weighted by Crippen LogP contribution is -2.27. The van der Waals surface area contributed by atoms with Crippen molar-refractivity contribution in [1.82, 2.24) is 24.6 Å². The van der Waals surface area contributed by atoms with Crippen LogP contribution in [0.2, 0.25) is 0 Å². The number of nitrogens with zero attached hydrogens (tertiary/aromatic N) is 4. The molecular formula is C17H21N5O2. The summed E-state index contributed by atoms with van der Waals surface area (Å²) in [5, 5.41) is 8.06. The Kier molecular flexibility index (Phi) is 4.90. The molecule has 0 fully saturated rings. The average molecular weight is 327 g/mol. The summed E-state index contributed by atoms with van der Waals surface area (Å²) in [6.07, 6.45) is 6.24. The van der Waals surface area contributed by atoms with E-state index >= 15 is 0 Å². The molecule has 0 aliphatic rings. The van der Waals surface area contributed by atoms with Gasteiger partial charge in [-0.05, 0) is 30.2 Å². The van der Waals surface area contributed by atoms with Gasteiger partial charge in [-0.3, -0.25) is 9.48 Å². The van der Waals surface area contributed by atoms with E-state index < -0.39 is 0 Å². The molecular weight excluding hydrogens is 306 g/mol. The van der Waals surface area contributed by atoms with E-state index in [-0.39, 0.29) is 5.91 Å². The Balaban J connectivity index is 1.69. The number of amides is 1. The number of fused-ring (bicyclic) bond motifs is 1. The van der Waals surface area contributed by atoms with Gasteiger partial charge in [0.25, 0.3) is 5.91 Å². The second-order valence-corrected chi connectivity index (χ2v) is 5.56. The van der Waals surface area contributed by atoms with E-state index in [9.17, 15) is 4.79 Å². The Hall–Kier alpha value is -2.67. The standard InChI is InChI=1S/C17H21N5O2/c1-21-15(6-9-20-21)17(23)19-8-5-13-12-22(10-11-24-2)16-14(13)4-3-7-18-16/h3-4,6-7,9,12H,5,8,10-11H2,1-2H3,(H,19,23). The van der Waals surface area contributed by atoms with Crippen molar-refractivity contribution in [2.24, 2.45) is 7.05 Å². The second kappa shape index (κ2) is 7.27. The van der Waals surface area contributed by atoms with Gasteiger partial charge < -0.3 is 14.6 Å². The fraction of sp³-hybridized carbons (Fsp3) is 0.353. The topological polar surface area (TPSA) is 74.0 Å². The number of carbonyl (C=O) groups excluding carboxylic acids is 1. The number of aryl methyl sites for hydroxylation is 1. The van der Waals surface area contributed by atoms with Crippen molar-refractivity contribution >= 4 is 16.9 Å². The third-order valence-corrected chi connectivity index (χ3v) is 3.99. The highest BCUT2D eigenvalue weighted by molar-refractivity contribution is 5.92. The molecule has 0 atom stereocenters. The summed E-state index contributed by atoms with van der Waals surface area (Å²) in [6, 6.07) is 5.69. The SMILES string of the molecule is COCCn1cc(CCNC(=O)c2ccnn2C)c2cccnc21. The minimum atomic E-state index is -0.115. The number of hydrogen-bond acceptors (Lipinski definition) is 4. The van der Waals surface area contributed by atoms with Gasteiger partial charge in [0.15, 0.2) is 0 Å². The van der Waals surface area contributed by atoms with Crippen LogP contribution in [0.15, 0.2) is 36.8 Å². The maximum Gasteiger partial charge on any atom is 0.269 e. The molecule has 3 heterocycles. The maximum absolute atomic E-state index is 12.1. The zero-order chi connectivity index (χ0) is 16.9. The number of rotatable bonds is 7. The third kappa shape index (κ3) is 3.30. The van der Waals surface area contributed by atoms with Crippen LogP contribution in [-0.4, -0.2) is 45.5 Å². The molecule has 0 saturated heterocycles. The van der Waals surface area contributed by atoms with Gasteiger partial charge in [0.2, 0.25) is 0 Å². The van der Waals surface area contributed by atoms with Crippen molar-refractivity contribution in [3.63, 3.8) is 0 Å². The molecule has 0 unspecified atom stereocenters. The molecule has 0 radical (unpaired) electrons. The molecule has 0 bridgehead atoms. The Bertz CT molecular complexity index is 836. The Morgan fingerprint density at radius 2 is 2.21 bits per heavy atom. The Morgan fingerprint density at radius 1 is 1.33 bits per heavy atom. The van der Waals surface area contributed by atoms with Crippen molar-refractivity contribution in [2.45, 2.75) is 13.0 Å². The van der Waals surface area contributed by atoms with Gasteiger partial charge in [0, 0.05) is 51.2 Å². The molecule has 126 valence electrons. The molecule has 0 spiro atoms. The zero-order valence-corrected chi connectivity index (χ0v) is 13.9. The van der Waals surface area contributed by atoms with Crippen LogP contribution >= 0.6 is 0 Å². The normalized spacial score (nSPS) is 11.1. The largest absolute Gasteiger partial charge is 0.383 e. The van der Waals surface area contributed by atoms with E-state index in [2.05, 4.69) is 32.2 Å². The van der Waals surface area contributed by atoms with E-state index in [0.717, 1.165) is 24.0 Å². The smallest absolute Gasteiger partial charge is 0.269 e. The summed E-state index contributed by atoms with van der Waals surface area (Å²) in [5.41, 5.74) is 2.67. The molecule has 24 heavy (non-hydrogen) atoms. The first-order valence-corrected chi connectivity index (χ1v) is 7.88. The molecule has 7 nitrogen and oxygen atoms in total. The lowest BCUT2D eigenvalue weighted by molar-refractivity contribution is 0.0945. The number of nitrogens with one attached hydrogen (secondary N) is 1. The molecule has 3 aromatic heterocycles. The summed E-state index contributed by atoms with van der Waals surface area (Å²) in [5.74, 6) is -0.115. The van der Waals surface area contributed by atoms with Crippen LogP contribution in [0.1, 0.15) is 16.1 Å². The van der Waals surface area contributed by atoms with Gasteiger partial charge in [-0.1, -0.05) is 0 Å². The van der Waals surface area contributed by atoms with Gasteiger partial charge in [0.05, 0.1) is 6.61 Å². The van der Waals surface area contributed by atoms with Gasteiger partial charge in [0.1, 0.15) is 11.3 Å². The van der Waals surface area contributed by atoms with Crippen LogP contribution in [0.3, 0.4) is 0 Å². The first-order valence-electron chi connectivity index (χ1n) is 7.88. The molecule has 3 aromatic rings. The number of carbonyl (C=O) groups is 1. The number of pyridine rings is 1. The van der Waals surface area contributed by atoms with Crippen molar-refractivity contribution in [3.05, 3.63) is 48.0 Å². The maximum atomic E-state index is 12.1. The Morgan fingerprint density at radius 3 is 2.96 bits per heavy atom. The number of hydrogen-bond donors (Lipinski definition) is 1. The molecule has 0 aliphatic carbocycles. The minimum absolute atomic E-state index is 0.115. The van der Waals surface area contributed by atoms with E-state index in [0.29, 0.717) is 18.8 Å². The fourth-order valence-electron chi connectivity index (χ4n) is 2.75. The van der Waals surface area contributed by atoms with Gasteiger partial charge in [-0.2, -0.15) is 5.10 Å². The first kappa shape index (κ1) is 16.2. The summed E-state index contributed by atoms with van der Waals surface area (Å²) in [6.45, 7) is 1.95. The summed E-state index contributed by atoms with van der Waals surface area (Å²) >= 11 is 0. The van der Waals surface area contributed by atoms with Crippen LogP contribution in [-0.2, 0) is 24.8 Å². The van der Waals surface area contributed by atoms with Gasteiger partial charge in [-0.15, -0.1) is 0 Å². The Labute approximate surface area is 140 Å². The van der Waals surface area contributed by atoms with E-state index in [1.165, 1.54) is 5.56 Å². The van der Waals surface area contributed by atoms with E-state index in [1.54, 1.807) is 37.3 Å². The van der Waals surface area contributed by atoms with Gasteiger partial charge >= 0.3 is 0 Å². The summed E-state index contributed by atoms with van der Waals surface area (Å²) in [7, 11) is 3.44. The number of ether oxygens (including phenoxy) is 1. The lowest BCUT2D eigenvalue weighted by atomic mass is 10.1. The average Bonchev–Trinajstić information content (AvgIpc) is 3.17. The minimum Gasteiger partial charge on any atom is -0.383 e. The van der Waals surface area contributed by atoms with Crippen LogP contribution in [0.4, 0.5) is 0 Å². The second-order valence-electron chi connectivity index (χ2n) is 5.56. The zero-order valence-electron chi connectivity index (χ0n) is 13.9. The van der Waals surface area contributed by atoms with E-state index in [1.807, 2.05) is 6.07 Å². The van der Waals surface area contributed by atoms with Crippen LogP contribution in [0.25, 0.3) is 11.0 Å². The first-order chi connectivity index (χ1) is 11.7. The highest BCUT2D eigenvalue weighted by atomic mass is 16.5.